The van der Waals surface area contributed by atoms with Gasteiger partial charge >= 0.3 is 6.18 Å². The fraction of sp³-hybridized carbons (Fsp3) is 0.0145. The SMILES string of the molecule is N#Cc1cc(C(F)(F)F)ccc1-c1ccc(-n2c3ccc(-c4ccccc4)cc3c3cc(-c4ccccc4)ccc32)c(-c2cc(-n3c4ccc(-c5ccccc5)cc4c4cc(-c5ccccc5)ccc43)ccc2C#N)c1. The Kier molecular flexibility index (Phi) is 11.0. The number of halogens is 3. The van der Waals surface area contributed by atoms with Crippen molar-refractivity contribution in [2.24, 2.45) is 0 Å². The predicted octanol–water partition coefficient (Wildman–Crippen LogP) is 18.6. The molecule has 0 bridgehead atoms. The molecule has 76 heavy (non-hydrogen) atoms. The molecule has 13 aromatic rings. The zero-order valence-electron chi connectivity index (χ0n) is 40.6. The van der Waals surface area contributed by atoms with Gasteiger partial charge in [-0.25, -0.2) is 0 Å². The number of nitrogens with zero attached hydrogens (tertiary/aromatic N) is 4. The molecule has 0 aliphatic heterocycles. The number of fused-ring (bicyclic) bond motifs is 6. The molecule has 0 N–H and O–H groups in total. The highest BCUT2D eigenvalue weighted by Crippen LogP contribution is 2.44. The number of benzene rings is 11. The van der Waals surface area contributed by atoms with Crippen LogP contribution in [-0.2, 0) is 6.18 Å². The van der Waals surface area contributed by atoms with Crippen LogP contribution in [0.15, 0.2) is 249 Å². The van der Waals surface area contributed by atoms with E-state index in [1.807, 2.05) is 115 Å². The van der Waals surface area contributed by atoms with Gasteiger partial charge in [-0.15, -0.1) is 0 Å². The molecular formula is C69H41F3N4. The van der Waals surface area contributed by atoms with Crippen LogP contribution in [-0.4, -0.2) is 9.13 Å². The average molecular weight is 983 g/mol. The highest BCUT2D eigenvalue weighted by Gasteiger charge is 2.31. The third kappa shape index (κ3) is 7.87. The van der Waals surface area contributed by atoms with Gasteiger partial charge in [-0.05, 0) is 147 Å². The Morgan fingerprint density at radius 2 is 0.711 bits per heavy atom. The molecule has 2 heterocycles. The fourth-order valence-corrected chi connectivity index (χ4v) is 11.0. The summed E-state index contributed by atoms with van der Waals surface area (Å²) < 4.78 is 46.8. The van der Waals surface area contributed by atoms with Crippen molar-refractivity contribution in [2.75, 3.05) is 0 Å². The lowest BCUT2D eigenvalue weighted by Crippen LogP contribution is -2.05. The van der Waals surface area contributed by atoms with Crippen molar-refractivity contribution in [3.63, 3.8) is 0 Å². The molecule has 0 atom stereocenters. The summed E-state index contributed by atoms with van der Waals surface area (Å²) in [5.74, 6) is 0. The van der Waals surface area contributed by atoms with Crippen LogP contribution in [0.2, 0.25) is 0 Å². The second kappa shape index (κ2) is 18.4. The van der Waals surface area contributed by atoms with Crippen molar-refractivity contribution in [2.45, 2.75) is 6.18 Å². The maximum Gasteiger partial charge on any atom is 0.416 e. The Hall–Kier alpha value is -10.2. The summed E-state index contributed by atoms with van der Waals surface area (Å²) in [5, 5.41) is 25.7. The molecule has 0 saturated carbocycles. The number of hydrogen-bond donors (Lipinski definition) is 0. The van der Waals surface area contributed by atoms with E-state index >= 15 is 0 Å². The van der Waals surface area contributed by atoms with Crippen molar-refractivity contribution < 1.29 is 13.2 Å². The van der Waals surface area contributed by atoms with Gasteiger partial charge in [0.05, 0.1) is 56.6 Å². The summed E-state index contributed by atoms with van der Waals surface area (Å²) in [6.07, 6.45) is -4.64. The van der Waals surface area contributed by atoms with Gasteiger partial charge in [0.1, 0.15) is 0 Å². The normalized spacial score (nSPS) is 11.6. The summed E-state index contributed by atoms with van der Waals surface area (Å²) in [6, 6.07) is 86.6. The van der Waals surface area contributed by atoms with Crippen molar-refractivity contribution in [3.8, 4) is 90.3 Å². The second-order valence-corrected chi connectivity index (χ2v) is 19.0. The molecule has 0 fully saturated rings. The molecule has 0 unspecified atom stereocenters. The number of rotatable bonds is 8. The van der Waals surface area contributed by atoms with E-state index in [2.05, 4.69) is 137 Å². The van der Waals surface area contributed by atoms with Gasteiger partial charge in [-0.1, -0.05) is 158 Å². The van der Waals surface area contributed by atoms with E-state index in [1.54, 1.807) is 0 Å². The van der Waals surface area contributed by atoms with Crippen molar-refractivity contribution in [3.05, 3.63) is 265 Å². The van der Waals surface area contributed by atoms with Crippen LogP contribution >= 0.6 is 0 Å². The van der Waals surface area contributed by atoms with Crippen molar-refractivity contribution in [1.82, 2.24) is 9.13 Å². The molecule has 11 aromatic carbocycles. The molecule has 13 rings (SSSR count). The molecule has 0 radical (unpaired) electrons. The molecule has 0 saturated heterocycles. The smallest absolute Gasteiger partial charge is 0.309 e. The molecule has 0 amide bonds. The molecule has 0 spiro atoms. The van der Waals surface area contributed by atoms with Gasteiger partial charge < -0.3 is 9.13 Å². The minimum absolute atomic E-state index is 0.114. The number of nitriles is 2. The zero-order chi connectivity index (χ0) is 51.5. The maximum absolute atomic E-state index is 14.1. The zero-order valence-corrected chi connectivity index (χ0v) is 40.6. The summed E-state index contributed by atoms with van der Waals surface area (Å²) in [7, 11) is 0. The van der Waals surface area contributed by atoms with Crippen LogP contribution in [0.5, 0.6) is 0 Å². The highest BCUT2D eigenvalue weighted by atomic mass is 19.4. The Morgan fingerprint density at radius 1 is 0.303 bits per heavy atom. The minimum atomic E-state index is -4.64. The second-order valence-electron chi connectivity index (χ2n) is 19.0. The first-order valence-electron chi connectivity index (χ1n) is 24.9. The van der Waals surface area contributed by atoms with Gasteiger partial charge in [0.2, 0.25) is 0 Å². The molecule has 358 valence electrons. The standard InChI is InChI=1S/C69H41F3N4/c70-69(71,72)55-27-29-57(54(35-55)43-74)52-26-34-66(76-67-32-24-50(46-17-9-3-10-18-46)38-62(67)63-39-51(25-33-68(63)76)47-19-11-4-12-20-47)59(40-52)58-41-56(28-21-53(58)42-73)75-64-30-22-48(44-13-5-1-6-14-44)36-60(64)61-37-49(23-31-65(61)75)45-15-7-2-8-16-45/h1-41H. The van der Waals surface area contributed by atoms with E-state index < -0.39 is 11.7 Å². The predicted molar refractivity (Wildman–Crippen MR) is 302 cm³/mol. The minimum Gasteiger partial charge on any atom is -0.309 e. The first-order valence-corrected chi connectivity index (χ1v) is 24.9. The number of alkyl halides is 3. The van der Waals surface area contributed by atoms with Crippen LogP contribution < -0.4 is 0 Å². The third-order valence-corrected chi connectivity index (χ3v) is 14.6. The van der Waals surface area contributed by atoms with Crippen molar-refractivity contribution in [1.29, 1.82) is 10.5 Å². The summed E-state index contributed by atoms with van der Waals surface area (Å²) in [4.78, 5) is 0. The largest absolute Gasteiger partial charge is 0.416 e. The quantitative estimate of drug-likeness (QED) is 0.152. The van der Waals surface area contributed by atoms with Gasteiger partial charge in [0, 0.05) is 38.4 Å². The Labute approximate surface area is 436 Å². The molecule has 4 nitrogen and oxygen atoms in total. The Morgan fingerprint density at radius 3 is 1.12 bits per heavy atom. The highest BCUT2D eigenvalue weighted by molar-refractivity contribution is 6.13. The first kappa shape index (κ1) is 45.6. The average Bonchev–Trinajstić information content (AvgIpc) is 4.12. The van der Waals surface area contributed by atoms with Crippen LogP contribution in [0.4, 0.5) is 13.2 Å². The molecule has 0 aliphatic carbocycles. The summed E-state index contributed by atoms with van der Waals surface area (Å²) in [6.45, 7) is 0. The Balaban J connectivity index is 1.09. The van der Waals surface area contributed by atoms with Crippen LogP contribution in [0.3, 0.4) is 0 Å². The maximum atomic E-state index is 14.1. The summed E-state index contributed by atoms with van der Waals surface area (Å²) in [5.41, 5.74) is 15.4. The van der Waals surface area contributed by atoms with Gasteiger partial charge in [0.15, 0.2) is 0 Å². The van der Waals surface area contributed by atoms with Crippen LogP contribution in [0, 0.1) is 22.7 Å². The van der Waals surface area contributed by atoms with E-state index in [9.17, 15) is 23.7 Å². The van der Waals surface area contributed by atoms with E-state index in [0.29, 0.717) is 27.8 Å². The first-order chi connectivity index (χ1) is 37.2. The van der Waals surface area contributed by atoms with Gasteiger partial charge in [-0.3, -0.25) is 0 Å². The molecular weight excluding hydrogens is 942 g/mol. The lowest BCUT2D eigenvalue weighted by atomic mass is 9.91. The number of aromatic nitrogens is 2. The fourth-order valence-electron chi connectivity index (χ4n) is 11.0. The van der Waals surface area contributed by atoms with Gasteiger partial charge in [0.25, 0.3) is 0 Å². The Bertz CT molecular complexity index is 4310. The van der Waals surface area contributed by atoms with Crippen LogP contribution in [0.25, 0.3) is 122 Å². The number of hydrogen-bond acceptors (Lipinski definition) is 2. The lowest BCUT2D eigenvalue weighted by molar-refractivity contribution is -0.137. The van der Waals surface area contributed by atoms with E-state index in [-0.39, 0.29) is 5.56 Å². The van der Waals surface area contributed by atoms with Crippen molar-refractivity contribution >= 4 is 43.6 Å². The monoisotopic (exact) mass is 982 g/mol. The molecule has 2 aromatic heterocycles. The van der Waals surface area contributed by atoms with E-state index in [4.69, 9.17) is 0 Å². The molecule has 0 aliphatic rings. The topological polar surface area (TPSA) is 57.4 Å². The van der Waals surface area contributed by atoms with E-state index in [0.717, 1.165) is 112 Å². The van der Waals surface area contributed by atoms with E-state index in [1.165, 1.54) is 6.07 Å². The van der Waals surface area contributed by atoms with Crippen LogP contribution in [0.1, 0.15) is 16.7 Å². The van der Waals surface area contributed by atoms with Gasteiger partial charge in [-0.2, -0.15) is 23.7 Å². The lowest BCUT2D eigenvalue weighted by Gasteiger charge is -2.19. The summed E-state index contributed by atoms with van der Waals surface area (Å²) >= 11 is 0. The third-order valence-electron chi connectivity index (χ3n) is 14.6. The molecule has 7 heteroatoms.